The lowest BCUT2D eigenvalue weighted by atomic mass is 10.1. The maximum absolute atomic E-state index is 4.76. The summed E-state index contributed by atoms with van der Waals surface area (Å²) in [6.07, 6.45) is 3.96. The molecule has 1 aliphatic rings. The summed E-state index contributed by atoms with van der Waals surface area (Å²) in [4.78, 5) is 11.6. The highest BCUT2D eigenvalue weighted by atomic mass is 15.3. The number of unbranched alkanes of at least 4 members (excludes halogenated alkanes) is 1. The summed E-state index contributed by atoms with van der Waals surface area (Å²) < 4.78 is 0. The molecule has 146 valence electrons. The lowest BCUT2D eigenvalue weighted by Gasteiger charge is -2.22. The van der Waals surface area contributed by atoms with Gasteiger partial charge in [-0.2, -0.15) is 0 Å². The fraction of sp³-hybridized carbons (Fsp3) is 0.700. The lowest BCUT2D eigenvalue weighted by Crippen LogP contribution is -2.46. The molecule has 1 saturated heterocycles. The summed E-state index contributed by atoms with van der Waals surface area (Å²) in [6, 6.07) is 7.00. The zero-order valence-corrected chi connectivity index (χ0v) is 16.8. The van der Waals surface area contributed by atoms with Gasteiger partial charge in [0.15, 0.2) is 5.96 Å². The van der Waals surface area contributed by atoms with E-state index in [0.29, 0.717) is 18.0 Å². The Morgan fingerprint density at radius 3 is 2.81 bits per heavy atom. The third-order valence-corrected chi connectivity index (χ3v) is 4.86. The second kappa shape index (κ2) is 11.0. The fourth-order valence-corrected chi connectivity index (χ4v) is 3.22. The van der Waals surface area contributed by atoms with Gasteiger partial charge >= 0.3 is 0 Å². The number of pyridine rings is 1. The summed E-state index contributed by atoms with van der Waals surface area (Å²) >= 11 is 0. The number of nitrogens with one attached hydrogen (secondary N) is 3. The molecule has 26 heavy (non-hydrogen) atoms. The van der Waals surface area contributed by atoms with Crippen LogP contribution in [0.3, 0.4) is 0 Å². The molecule has 1 aromatic rings. The summed E-state index contributed by atoms with van der Waals surface area (Å²) in [5, 5.41) is 10.4. The van der Waals surface area contributed by atoms with E-state index >= 15 is 0 Å². The average Bonchev–Trinajstić information content (AvgIpc) is 3.00. The molecule has 6 heteroatoms. The van der Waals surface area contributed by atoms with E-state index in [4.69, 9.17) is 4.99 Å². The van der Waals surface area contributed by atoms with E-state index in [1.165, 1.54) is 0 Å². The van der Waals surface area contributed by atoms with Crippen molar-refractivity contribution in [2.24, 2.45) is 10.9 Å². The molecule has 0 bridgehead atoms. The quantitative estimate of drug-likeness (QED) is 0.359. The van der Waals surface area contributed by atoms with Gasteiger partial charge in [-0.25, -0.2) is 4.98 Å². The Kier molecular flexibility index (Phi) is 8.68. The van der Waals surface area contributed by atoms with E-state index in [1.54, 1.807) is 0 Å². The van der Waals surface area contributed by atoms with Crippen LogP contribution in [-0.4, -0.2) is 60.7 Å². The molecule has 0 radical (unpaired) electrons. The molecule has 2 atom stereocenters. The predicted octanol–water partition coefficient (Wildman–Crippen LogP) is 2.56. The third kappa shape index (κ3) is 6.83. The lowest BCUT2D eigenvalue weighted by molar-refractivity contribution is 0.265. The fourth-order valence-electron chi connectivity index (χ4n) is 3.22. The normalized spacial score (nSPS) is 21.2. The van der Waals surface area contributed by atoms with Crippen LogP contribution in [0.25, 0.3) is 0 Å². The SMILES string of the molecule is CCNC(=NCCCCNc1ccccn1)NC1CN(C(C)C)CC1C. The maximum atomic E-state index is 4.76. The molecule has 0 spiro atoms. The minimum Gasteiger partial charge on any atom is -0.370 e. The van der Waals surface area contributed by atoms with Gasteiger partial charge in [0.05, 0.1) is 0 Å². The second-order valence-corrected chi connectivity index (χ2v) is 7.39. The molecular formula is C20H36N6. The van der Waals surface area contributed by atoms with Crippen molar-refractivity contribution in [3.05, 3.63) is 24.4 Å². The van der Waals surface area contributed by atoms with Crippen molar-refractivity contribution in [1.29, 1.82) is 0 Å². The van der Waals surface area contributed by atoms with Crippen molar-refractivity contribution in [2.45, 2.75) is 52.6 Å². The third-order valence-electron chi connectivity index (χ3n) is 4.86. The standard InChI is InChI=1S/C20H36N6/c1-5-21-20(25-18-15-26(16(2)3)14-17(18)4)24-13-9-8-12-23-19-10-6-7-11-22-19/h6-7,10-11,16-18H,5,8-9,12-15H2,1-4H3,(H,22,23)(H2,21,24,25). The first-order valence-electron chi connectivity index (χ1n) is 10.0. The Hall–Kier alpha value is -1.82. The smallest absolute Gasteiger partial charge is 0.191 e. The van der Waals surface area contributed by atoms with E-state index in [1.807, 2.05) is 24.4 Å². The molecule has 2 unspecified atom stereocenters. The van der Waals surface area contributed by atoms with Gasteiger partial charge < -0.3 is 16.0 Å². The maximum Gasteiger partial charge on any atom is 0.191 e. The first-order chi connectivity index (χ1) is 12.6. The first kappa shape index (κ1) is 20.5. The molecule has 0 amide bonds. The molecule has 2 heterocycles. The Morgan fingerprint density at radius 2 is 2.15 bits per heavy atom. The molecule has 6 nitrogen and oxygen atoms in total. The Labute approximate surface area is 158 Å². The van der Waals surface area contributed by atoms with Gasteiger partial charge in [0.1, 0.15) is 5.82 Å². The minimum atomic E-state index is 0.473. The molecule has 0 aliphatic carbocycles. The number of hydrogen-bond acceptors (Lipinski definition) is 4. The molecule has 0 saturated carbocycles. The van der Waals surface area contributed by atoms with Crippen LogP contribution >= 0.6 is 0 Å². The van der Waals surface area contributed by atoms with Gasteiger partial charge in [0.25, 0.3) is 0 Å². The van der Waals surface area contributed by atoms with Crippen LogP contribution in [0, 0.1) is 5.92 Å². The van der Waals surface area contributed by atoms with Crippen molar-refractivity contribution in [2.75, 3.05) is 38.0 Å². The van der Waals surface area contributed by atoms with Crippen LogP contribution in [0.2, 0.25) is 0 Å². The zero-order valence-electron chi connectivity index (χ0n) is 16.8. The van der Waals surface area contributed by atoms with Crippen molar-refractivity contribution < 1.29 is 0 Å². The number of rotatable bonds is 9. The predicted molar refractivity (Wildman–Crippen MR) is 111 cm³/mol. The van der Waals surface area contributed by atoms with Gasteiger partial charge in [-0.15, -0.1) is 0 Å². The highest BCUT2D eigenvalue weighted by molar-refractivity contribution is 5.80. The molecule has 0 aromatic carbocycles. The Balaban J connectivity index is 1.70. The van der Waals surface area contributed by atoms with Crippen LogP contribution in [0.4, 0.5) is 5.82 Å². The van der Waals surface area contributed by atoms with E-state index in [2.05, 4.69) is 53.5 Å². The van der Waals surface area contributed by atoms with Crippen LogP contribution in [0.5, 0.6) is 0 Å². The number of hydrogen-bond donors (Lipinski definition) is 3. The molecule has 3 N–H and O–H groups in total. The highest BCUT2D eigenvalue weighted by Gasteiger charge is 2.31. The zero-order chi connectivity index (χ0) is 18.8. The van der Waals surface area contributed by atoms with Crippen LogP contribution in [0.15, 0.2) is 29.4 Å². The first-order valence-corrected chi connectivity index (χ1v) is 10.0. The largest absolute Gasteiger partial charge is 0.370 e. The van der Waals surface area contributed by atoms with Crippen molar-refractivity contribution in [3.63, 3.8) is 0 Å². The average molecular weight is 361 g/mol. The summed E-state index contributed by atoms with van der Waals surface area (Å²) in [7, 11) is 0. The molecular weight excluding hydrogens is 324 g/mol. The van der Waals surface area contributed by atoms with Gasteiger partial charge in [-0.05, 0) is 51.7 Å². The van der Waals surface area contributed by atoms with Crippen molar-refractivity contribution in [1.82, 2.24) is 20.5 Å². The van der Waals surface area contributed by atoms with E-state index in [9.17, 15) is 0 Å². The number of aliphatic imine (C=N–C) groups is 1. The van der Waals surface area contributed by atoms with E-state index in [0.717, 1.165) is 57.3 Å². The summed E-state index contributed by atoms with van der Waals surface area (Å²) in [5.74, 6) is 2.53. The highest BCUT2D eigenvalue weighted by Crippen LogP contribution is 2.18. The summed E-state index contributed by atoms with van der Waals surface area (Å²) in [6.45, 7) is 13.9. The Morgan fingerprint density at radius 1 is 1.31 bits per heavy atom. The van der Waals surface area contributed by atoms with Gasteiger partial charge in [-0.3, -0.25) is 9.89 Å². The summed E-state index contributed by atoms with van der Waals surface area (Å²) in [5.41, 5.74) is 0. The second-order valence-electron chi connectivity index (χ2n) is 7.39. The van der Waals surface area contributed by atoms with Gasteiger partial charge in [-0.1, -0.05) is 13.0 Å². The van der Waals surface area contributed by atoms with Gasteiger partial charge in [0.2, 0.25) is 0 Å². The van der Waals surface area contributed by atoms with Crippen molar-refractivity contribution >= 4 is 11.8 Å². The number of aromatic nitrogens is 1. The minimum absolute atomic E-state index is 0.473. The molecule has 1 aromatic heterocycles. The van der Waals surface area contributed by atoms with E-state index in [-0.39, 0.29) is 0 Å². The molecule has 1 fully saturated rings. The molecule has 1 aliphatic heterocycles. The van der Waals surface area contributed by atoms with Crippen molar-refractivity contribution in [3.8, 4) is 0 Å². The van der Waals surface area contributed by atoms with Crippen LogP contribution in [0.1, 0.15) is 40.5 Å². The van der Waals surface area contributed by atoms with Crippen LogP contribution < -0.4 is 16.0 Å². The topological polar surface area (TPSA) is 64.6 Å². The number of anilines is 1. The van der Waals surface area contributed by atoms with E-state index < -0.39 is 0 Å². The van der Waals surface area contributed by atoms with Gasteiger partial charge in [0, 0.05) is 51.0 Å². The number of likely N-dealkylation sites (tertiary alicyclic amines) is 1. The molecule has 2 rings (SSSR count). The number of nitrogens with zero attached hydrogens (tertiary/aromatic N) is 3. The monoisotopic (exact) mass is 360 g/mol. The Bertz CT molecular complexity index is 530. The number of guanidine groups is 1. The van der Waals surface area contributed by atoms with Crippen LogP contribution in [-0.2, 0) is 0 Å².